The minimum absolute atomic E-state index is 0.0146. The van der Waals surface area contributed by atoms with Crippen molar-refractivity contribution in [2.24, 2.45) is 0 Å². The van der Waals surface area contributed by atoms with Crippen molar-refractivity contribution >= 4 is 38.3 Å². The molecule has 2 heterocycles. The molecule has 6 aromatic rings. The normalized spacial score (nSPS) is 11.4. The van der Waals surface area contributed by atoms with Crippen molar-refractivity contribution in [3.8, 4) is 45.2 Å². The summed E-state index contributed by atoms with van der Waals surface area (Å²) < 4.78 is 66.8. The van der Waals surface area contributed by atoms with Crippen LogP contribution in [0.25, 0.3) is 38.8 Å². The first kappa shape index (κ1) is 30.7. The zero-order valence-corrected chi connectivity index (χ0v) is 26.1. The molecule has 0 spiro atoms. The molecule has 0 bridgehead atoms. The summed E-state index contributed by atoms with van der Waals surface area (Å²) in [6.07, 6.45) is 1.23. The number of ether oxygens (including phenoxy) is 3. The fourth-order valence-electron chi connectivity index (χ4n) is 5.09. The second-order valence-electron chi connectivity index (χ2n) is 10.1. The number of rotatable bonds is 9. The maximum Gasteiger partial charge on any atom is 0.263 e. The second-order valence-corrected chi connectivity index (χ2v) is 12.2. The van der Waals surface area contributed by atoms with Crippen molar-refractivity contribution < 1.29 is 31.5 Å². The third-order valence-corrected chi connectivity index (χ3v) is 8.83. The monoisotopic (exact) mass is 661 g/mol. The van der Waals surface area contributed by atoms with E-state index in [0.717, 1.165) is 5.56 Å². The maximum atomic E-state index is 16.1. The van der Waals surface area contributed by atoms with Crippen LogP contribution < -0.4 is 24.5 Å². The van der Waals surface area contributed by atoms with E-state index >= 15 is 4.39 Å². The van der Waals surface area contributed by atoms with Gasteiger partial charge in [0.2, 0.25) is 0 Å². The predicted octanol–water partition coefficient (Wildman–Crippen LogP) is 6.93. The fraction of sp³-hybridized carbons (Fsp3) is 0.0909. The Morgan fingerprint density at radius 3 is 2.24 bits per heavy atom. The molecule has 234 valence electrons. The number of fused-ring (bicyclic) bond motifs is 1. The molecule has 6 rings (SSSR count). The summed E-state index contributed by atoms with van der Waals surface area (Å²) in [5, 5.41) is 4.44. The highest BCUT2D eigenvalue weighted by molar-refractivity contribution is 7.92. The Bertz CT molecular complexity index is 2270. The number of hydrogen-bond acceptors (Lipinski definition) is 8. The number of aromatic nitrogens is 2. The molecule has 0 radical (unpaired) electrons. The van der Waals surface area contributed by atoms with Crippen LogP contribution in [0.1, 0.15) is 0 Å². The first-order chi connectivity index (χ1) is 22.1. The van der Waals surface area contributed by atoms with Crippen molar-refractivity contribution in [1.82, 2.24) is 9.72 Å². The number of nitrogens with one attached hydrogen (secondary N) is 1. The molecule has 46 heavy (non-hydrogen) atoms. The van der Waals surface area contributed by atoms with Gasteiger partial charge in [0.15, 0.2) is 5.82 Å². The van der Waals surface area contributed by atoms with Gasteiger partial charge < -0.3 is 18.7 Å². The van der Waals surface area contributed by atoms with Gasteiger partial charge in [-0.05, 0) is 83.4 Å². The van der Waals surface area contributed by atoms with Gasteiger partial charge in [0, 0.05) is 34.2 Å². The number of anilines is 1. The molecular weight excluding hydrogens is 637 g/mol. The van der Waals surface area contributed by atoms with Crippen molar-refractivity contribution in [2.75, 3.05) is 26.1 Å². The van der Waals surface area contributed by atoms with E-state index in [0.29, 0.717) is 38.6 Å². The molecule has 0 aliphatic heterocycles. The van der Waals surface area contributed by atoms with Crippen molar-refractivity contribution in [3.63, 3.8) is 0 Å². The van der Waals surface area contributed by atoms with Gasteiger partial charge >= 0.3 is 0 Å². The minimum Gasteiger partial charge on any atom is -0.497 e. The summed E-state index contributed by atoms with van der Waals surface area (Å²) in [4.78, 5) is 13.1. The number of halogens is 2. The molecule has 0 atom stereocenters. The highest BCUT2D eigenvalue weighted by Gasteiger charge is 2.20. The highest BCUT2D eigenvalue weighted by atomic mass is 35.5. The van der Waals surface area contributed by atoms with Crippen LogP contribution in [-0.4, -0.2) is 39.5 Å². The number of pyridine rings is 1. The summed E-state index contributed by atoms with van der Waals surface area (Å²) in [5.74, 6) is 0.604. The van der Waals surface area contributed by atoms with E-state index in [-0.39, 0.29) is 27.7 Å². The Balaban J connectivity index is 1.46. The van der Waals surface area contributed by atoms with Crippen LogP contribution in [0.5, 0.6) is 17.2 Å². The molecule has 4 aromatic carbocycles. The molecule has 0 saturated carbocycles. The summed E-state index contributed by atoms with van der Waals surface area (Å²) in [5.41, 5.74) is 2.08. The smallest absolute Gasteiger partial charge is 0.263 e. The summed E-state index contributed by atoms with van der Waals surface area (Å²) in [6.45, 7) is 0. The highest BCUT2D eigenvalue weighted by Crippen LogP contribution is 2.38. The molecule has 10 nitrogen and oxygen atoms in total. The van der Waals surface area contributed by atoms with Gasteiger partial charge in [-0.15, -0.1) is 0 Å². The summed E-state index contributed by atoms with van der Waals surface area (Å²) in [6, 6.07) is 21.5. The second kappa shape index (κ2) is 12.2. The number of hydrogen-bond donors (Lipinski definition) is 1. The van der Waals surface area contributed by atoms with Crippen LogP contribution in [0.2, 0.25) is 5.02 Å². The topological polar surface area (TPSA) is 122 Å². The van der Waals surface area contributed by atoms with E-state index in [1.165, 1.54) is 80.7 Å². The van der Waals surface area contributed by atoms with Crippen LogP contribution in [0.15, 0.2) is 105 Å². The molecule has 2 aromatic heterocycles. The maximum absolute atomic E-state index is 16.1. The van der Waals surface area contributed by atoms with E-state index in [1.807, 2.05) is 0 Å². The third kappa shape index (κ3) is 5.87. The van der Waals surface area contributed by atoms with Gasteiger partial charge in [0.1, 0.15) is 29.3 Å². The number of sulfonamides is 1. The SMILES string of the molecule is COc1cc(Cl)cc(-c2cc(OC)cc(-c3cc(OC)c(-n4c(=O)ccc5cc(S(=O)(=O)Nc6ccon6)ccc54)cc3F)c2)c1. The number of nitrogens with zero attached hydrogens (tertiary/aromatic N) is 2. The lowest BCUT2D eigenvalue weighted by atomic mass is 9.97. The Morgan fingerprint density at radius 2 is 1.54 bits per heavy atom. The molecule has 0 unspecified atom stereocenters. The minimum atomic E-state index is -4.02. The summed E-state index contributed by atoms with van der Waals surface area (Å²) in [7, 11) is 0.432. The van der Waals surface area contributed by atoms with Gasteiger partial charge in [-0.1, -0.05) is 16.8 Å². The quantitative estimate of drug-likeness (QED) is 0.177. The van der Waals surface area contributed by atoms with E-state index < -0.39 is 21.4 Å². The Hall–Kier alpha value is -5.33. The van der Waals surface area contributed by atoms with Crippen molar-refractivity contribution in [2.45, 2.75) is 4.90 Å². The van der Waals surface area contributed by atoms with E-state index in [2.05, 4.69) is 14.4 Å². The lowest BCUT2D eigenvalue weighted by Crippen LogP contribution is -2.19. The Morgan fingerprint density at radius 1 is 0.826 bits per heavy atom. The molecule has 0 amide bonds. The van der Waals surface area contributed by atoms with Gasteiger partial charge in [-0.3, -0.25) is 14.1 Å². The lowest BCUT2D eigenvalue weighted by Gasteiger charge is -2.17. The average Bonchev–Trinajstić information content (AvgIpc) is 3.56. The van der Waals surface area contributed by atoms with E-state index in [4.69, 9.17) is 25.8 Å². The zero-order valence-electron chi connectivity index (χ0n) is 24.6. The molecule has 0 fully saturated rings. The Kier molecular flexibility index (Phi) is 8.15. The first-order valence-electron chi connectivity index (χ1n) is 13.6. The summed E-state index contributed by atoms with van der Waals surface area (Å²) >= 11 is 6.31. The van der Waals surface area contributed by atoms with Crippen LogP contribution >= 0.6 is 11.6 Å². The molecule has 0 aliphatic carbocycles. The third-order valence-electron chi connectivity index (χ3n) is 7.26. The first-order valence-corrected chi connectivity index (χ1v) is 15.5. The molecule has 0 aliphatic rings. The Labute approximate surface area is 267 Å². The largest absolute Gasteiger partial charge is 0.497 e. The van der Waals surface area contributed by atoms with Crippen molar-refractivity contribution in [3.05, 3.63) is 112 Å². The van der Waals surface area contributed by atoms with E-state index in [9.17, 15) is 13.2 Å². The average molecular weight is 662 g/mol. The zero-order chi connectivity index (χ0) is 32.6. The van der Waals surface area contributed by atoms with E-state index in [1.54, 1.807) is 36.4 Å². The number of methoxy groups -OCH3 is 3. The van der Waals surface area contributed by atoms with Gasteiger partial charge in [0.25, 0.3) is 15.6 Å². The predicted molar refractivity (Wildman–Crippen MR) is 172 cm³/mol. The molecule has 13 heteroatoms. The van der Waals surface area contributed by atoms with Crippen LogP contribution in [0.4, 0.5) is 10.2 Å². The van der Waals surface area contributed by atoms with Gasteiger partial charge in [-0.25, -0.2) is 12.8 Å². The van der Waals surface area contributed by atoms with Gasteiger partial charge in [-0.2, -0.15) is 0 Å². The van der Waals surface area contributed by atoms with Gasteiger partial charge in [0.05, 0.1) is 37.4 Å². The standard InChI is InChI=1S/C33H25ClFN3O7S/c1-42-24-12-20(21-11-23(34)16-25(13-21)43-2)10-22(14-24)27-17-31(44-3)30(18-28(27)35)38-29-6-5-26(15-19(29)4-7-33(38)39)46(40,41)37-32-8-9-45-36-32/h4-18H,1-3H3,(H,36,37). The molecule has 1 N–H and O–H groups in total. The van der Waals surface area contributed by atoms with Crippen LogP contribution in [-0.2, 0) is 10.0 Å². The fourth-order valence-corrected chi connectivity index (χ4v) is 6.34. The van der Waals surface area contributed by atoms with Crippen LogP contribution in [0, 0.1) is 5.82 Å². The van der Waals surface area contributed by atoms with Crippen molar-refractivity contribution in [1.29, 1.82) is 0 Å². The molecule has 0 saturated heterocycles. The van der Waals surface area contributed by atoms with Crippen LogP contribution in [0.3, 0.4) is 0 Å². The molecular formula is C33H25ClFN3O7S. The number of benzene rings is 4. The lowest BCUT2D eigenvalue weighted by molar-refractivity contribution is 0.411.